The molecule has 1 aliphatic heterocycles. The summed E-state index contributed by atoms with van der Waals surface area (Å²) in [5.41, 5.74) is 2.31. The molecule has 4 nitrogen and oxygen atoms in total. The van der Waals surface area contributed by atoms with Crippen molar-refractivity contribution in [1.29, 1.82) is 0 Å². The third kappa shape index (κ3) is 3.29. The SMILES string of the molecule is CCC(CSC)NC(=O)c1ccc2c(c1)NC(=O)C2. The van der Waals surface area contributed by atoms with Gasteiger partial charge in [-0.1, -0.05) is 13.0 Å². The largest absolute Gasteiger partial charge is 0.348 e. The summed E-state index contributed by atoms with van der Waals surface area (Å²) in [6.07, 6.45) is 3.34. The molecule has 0 aliphatic carbocycles. The number of nitrogens with one attached hydrogen (secondary N) is 2. The van der Waals surface area contributed by atoms with Crippen LogP contribution < -0.4 is 10.6 Å². The number of thioether (sulfide) groups is 1. The molecule has 0 fully saturated rings. The lowest BCUT2D eigenvalue weighted by Gasteiger charge is -2.16. The van der Waals surface area contributed by atoms with Crippen LogP contribution in [-0.2, 0) is 11.2 Å². The van der Waals surface area contributed by atoms with Gasteiger partial charge in [-0.2, -0.15) is 11.8 Å². The molecule has 1 aliphatic rings. The minimum atomic E-state index is -0.0788. The van der Waals surface area contributed by atoms with Crippen molar-refractivity contribution in [2.24, 2.45) is 0 Å². The van der Waals surface area contributed by atoms with E-state index >= 15 is 0 Å². The second-order valence-corrected chi connectivity index (χ2v) is 5.54. The van der Waals surface area contributed by atoms with Crippen LogP contribution in [0.5, 0.6) is 0 Å². The van der Waals surface area contributed by atoms with Crippen LogP contribution in [-0.4, -0.2) is 29.9 Å². The van der Waals surface area contributed by atoms with Crippen LogP contribution in [0.2, 0.25) is 0 Å². The molecule has 1 heterocycles. The van der Waals surface area contributed by atoms with Gasteiger partial charge in [0.15, 0.2) is 0 Å². The van der Waals surface area contributed by atoms with E-state index < -0.39 is 0 Å². The molecule has 1 aromatic rings. The van der Waals surface area contributed by atoms with E-state index in [-0.39, 0.29) is 17.9 Å². The number of rotatable bonds is 5. The fourth-order valence-electron chi connectivity index (χ4n) is 2.09. The summed E-state index contributed by atoms with van der Waals surface area (Å²) < 4.78 is 0. The highest BCUT2D eigenvalue weighted by Crippen LogP contribution is 2.24. The maximum absolute atomic E-state index is 12.1. The first-order chi connectivity index (χ1) is 9.13. The first kappa shape index (κ1) is 13.9. The van der Waals surface area contributed by atoms with Gasteiger partial charge in [-0.05, 0) is 30.4 Å². The number of hydrogen-bond acceptors (Lipinski definition) is 3. The molecule has 0 saturated heterocycles. The Kier molecular flexibility index (Phi) is 4.47. The van der Waals surface area contributed by atoms with Crippen molar-refractivity contribution in [3.8, 4) is 0 Å². The number of amides is 2. The molecule has 1 atom stereocenters. The van der Waals surface area contributed by atoms with Gasteiger partial charge in [0.1, 0.15) is 0 Å². The smallest absolute Gasteiger partial charge is 0.251 e. The molecule has 2 N–H and O–H groups in total. The summed E-state index contributed by atoms with van der Waals surface area (Å²) in [6.45, 7) is 2.06. The number of fused-ring (bicyclic) bond motifs is 1. The second kappa shape index (κ2) is 6.10. The van der Waals surface area contributed by atoms with Gasteiger partial charge in [-0.3, -0.25) is 9.59 Å². The predicted octanol–water partition coefficient (Wildman–Crippen LogP) is 2.05. The van der Waals surface area contributed by atoms with E-state index in [1.54, 1.807) is 23.9 Å². The van der Waals surface area contributed by atoms with E-state index in [0.29, 0.717) is 12.0 Å². The maximum atomic E-state index is 12.1. The van der Waals surface area contributed by atoms with E-state index in [0.717, 1.165) is 23.4 Å². The molecule has 2 amide bonds. The van der Waals surface area contributed by atoms with Crippen LogP contribution in [0.4, 0.5) is 5.69 Å². The Balaban J connectivity index is 2.08. The predicted molar refractivity (Wildman–Crippen MR) is 78.7 cm³/mol. The fourth-order valence-corrected chi connectivity index (χ4v) is 2.81. The van der Waals surface area contributed by atoms with Crippen LogP contribution in [0.25, 0.3) is 0 Å². The van der Waals surface area contributed by atoms with Gasteiger partial charge in [0.2, 0.25) is 5.91 Å². The number of hydrogen-bond donors (Lipinski definition) is 2. The highest BCUT2D eigenvalue weighted by atomic mass is 32.2. The molecule has 5 heteroatoms. The summed E-state index contributed by atoms with van der Waals surface area (Å²) in [4.78, 5) is 23.4. The zero-order valence-electron chi connectivity index (χ0n) is 11.2. The first-order valence-corrected chi connectivity index (χ1v) is 7.76. The summed E-state index contributed by atoms with van der Waals surface area (Å²) >= 11 is 1.72. The van der Waals surface area contributed by atoms with E-state index in [2.05, 4.69) is 17.6 Å². The molecule has 2 rings (SSSR count). The Morgan fingerprint density at radius 3 is 3.00 bits per heavy atom. The van der Waals surface area contributed by atoms with E-state index in [4.69, 9.17) is 0 Å². The average Bonchev–Trinajstić information content (AvgIpc) is 2.76. The highest BCUT2D eigenvalue weighted by Gasteiger charge is 2.19. The van der Waals surface area contributed by atoms with Gasteiger partial charge in [0, 0.05) is 23.0 Å². The number of carbonyl (C=O) groups is 2. The Morgan fingerprint density at radius 2 is 2.32 bits per heavy atom. The number of anilines is 1. The van der Waals surface area contributed by atoms with E-state index in [1.807, 2.05) is 12.3 Å². The molecule has 0 spiro atoms. The molecule has 0 aromatic heterocycles. The monoisotopic (exact) mass is 278 g/mol. The Hall–Kier alpha value is -1.49. The molecule has 19 heavy (non-hydrogen) atoms. The van der Waals surface area contributed by atoms with Crippen molar-refractivity contribution in [3.05, 3.63) is 29.3 Å². The molecule has 0 radical (unpaired) electrons. The minimum Gasteiger partial charge on any atom is -0.348 e. The highest BCUT2D eigenvalue weighted by molar-refractivity contribution is 7.98. The lowest BCUT2D eigenvalue weighted by molar-refractivity contribution is -0.115. The van der Waals surface area contributed by atoms with Crippen LogP contribution in [0, 0.1) is 0 Å². The third-order valence-corrected chi connectivity index (χ3v) is 3.93. The first-order valence-electron chi connectivity index (χ1n) is 6.36. The van der Waals surface area contributed by atoms with Gasteiger partial charge < -0.3 is 10.6 Å². The van der Waals surface area contributed by atoms with Crippen molar-refractivity contribution < 1.29 is 9.59 Å². The van der Waals surface area contributed by atoms with Crippen LogP contribution >= 0.6 is 11.8 Å². The maximum Gasteiger partial charge on any atom is 0.251 e. The molecular formula is C14H18N2O2S. The topological polar surface area (TPSA) is 58.2 Å². The summed E-state index contributed by atoms with van der Waals surface area (Å²) in [7, 11) is 0. The zero-order chi connectivity index (χ0) is 13.8. The molecule has 0 saturated carbocycles. The van der Waals surface area contributed by atoms with Crippen molar-refractivity contribution in [3.63, 3.8) is 0 Å². The van der Waals surface area contributed by atoms with Gasteiger partial charge in [0.05, 0.1) is 6.42 Å². The van der Waals surface area contributed by atoms with Gasteiger partial charge in [-0.15, -0.1) is 0 Å². The Morgan fingerprint density at radius 1 is 1.53 bits per heavy atom. The molecular weight excluding hydrogens is 260 g/mol. The lowest BCUT2D eigenvalue weighted by atomic mass is 10.1. The molecule has 102 valence electrons. The second-order valence-electron chi connectivity index (χ2n) is 4.63. The van der Waals surface area contributed by atoms with Crippen LogP contribution in [0.15, 0.2) is 18.2 Å². The summed E-state index contributed by atoms with van der Waals surface area (Å²) in [6, 6.07) is 5.56. The standard InChI is InChI=1S/C14H18N2O2S/c1-3-11(8-19-2)15-14(18)10-5-4-9-7-13(17)16-12(9)6-10/h4-6,11H,3,7-8H2,1-2H3,(H,15,18)(H,16,17). The van der Waals surface area contributed by atoms with Gasteiger partial charge >= 0.3 is 0 Å². The van der Waals surface area contributed by atoms with Crippen molar-refractivity contribution in [2.45, 2.75) is 25.8 Å². The lowest BCUT2D eigenvalue weighted by Crippen LogP contribution is -2.36. The van der Waals surface area contributed by atoms with E-state index in [9.17, 15) is 9.59 Å². The van der Waals surface area contributed by atoms with Gasteiger partial charge in [0.25, 0.3) is 5.91 Å². The quantitative estimate of drug-likeness (QED) is 0.866. The van der Waals surface area contributed by atoms with E-state index in [1.165, 1.54) is 0 Å². The fraction of sp³-hybridized carbons (Fsp3) is 0.429. The third-order valence-electron chi connectivity index (χ3n) is 3.19. The van der Waals surface area contributed by atoms with Crippen LogP contribution in [0.1, 0.15) is 29.3 Å². The van der Waals surface area contributed by atoms with Crippen molar-refractivity contribution >= 4 is 29.3 Å². The van der Waals surface area contributed by atoms with Gasteiger partial charge in [-0.25, -0.2) is 0 Å². The number of carbonyl (C=O) groups excluding carboxylic acids is 2. The summed E-state index contributed by atoms with van der Waals surface area (Å²) in [5, 5.41) is 5.78. The summed E-state index contributed by atoms with van der Waals surface area (Å²) in [5.74, 6) is 0.815. The zero-order valence-corrected chi connectivity index (χ0v) is 12.0. The van der Waals surface area contributed by atoms with Crippen molar-refractivity contribution in [2.75, 3.05) is 17.3 Å². The normalized spacial score (nSPS) is 14.7. The minimum absolute atomic E-state index is 0.0126. The Labute approximate surface area is 117 Å². The van der Waals surface area contributed by atoms with Crippen LogP contribution in [0.3, 0.4) is 0 Å². The number of benzene rings is 1. The van der Waals surface area contributed by atoms with Crippen molar-refractivity contribution in [1.82, 2.24) is 5.32 Å². The molecule has 0 bridgehead atoms. The average molecular weight is 278 g/mol. The Bertz CT molecular complexity index is 502. The molecule has 1 aromatic carbocycles. The molecule has 1 unspecified atom stereocenters.